The fraction of sp³-hybridized carbons (Fsp3) is 0.455. The van der Waals surface area contributed by atoms with Gasteiger partial charge in [-0.25, -0.2) is 4.39 Å². The standard InChI is InChI=1S/C11H13BrFNO/c12-9-4-2-1-3-8(9)5-14-11-7-15-6-10(11)13/h1-4,10-11,14H,5-7H2. The fourth-order valence-electron chi connectivity index (χ4n) is 1.60. The zero-order valence-electron chi connectivity index (χ0n) is 8.25. The number of hydrogen-bond donors (Lipinski definition) is 1. The number of nitrogens with one attached hydrogen (secondary N) is 1. The van der Waals surface area contributed by atoms with Crippen molar-refractivity contribution in [1.29, 1.82) is 0 Å². The van der Waals surface area contributed by atoms with E-state index in [1.807, 2.05) is 24.3 Å². The molecule has 15 heavy (non-hydrogen) atoms. The third kappa shape index (κ3) is 2.77. The predicted octanol–water partition coefficient (Wildman–Crippen LogP) is 2.28. The van der Waals surface area contributed by atoms with Crippen LogP contribution in [0.4, 0.5) is 4.39 Å². The summed E-state index contributed by atoms with van der Waals surface area (Å²) in [6, 6.07) is 7.76. The minimum absolute atomic E-state index is 0.169. The van der Waals surface area contributed by atoms with Gasteiger partial charge in [0, 0.05) is 11.0 Å². The van der Waals surface area contributed by atoms with E-state index in [0.29, 0.717) is 13.2 Å². The quantitative estimate of drug-likeness (QED) is 0.913. The monoisotopic (exact) mass is 273 g/mol. The number of alkyl halides is 1. The molecule has 2 atom stereocenters. The van der Waals surface area contributed by atoms with Gasteiger partial charge in [0.15, 0.2) is 0 Å². The summed E-state index contributed by atoms with van der Waals surface area (Å²) in [5.41, 5.74) is 1.14. The molecule has 1 fully saturated rings. The van der Waals surface area contributed by atoms with Gasteiger partial charge in [-0.1, -0.05) is 34.1 Å². The molecule has 82 valence electrons. The first-order valence-electron chi connectivity index (χ1n) is 4.96. The van der Waals surface area contributed by atoms with Gasteiger partial charge in [-0.3, -0.25) is 0 Å². The van der Waals surface area contributed by atoms with Crippen molar-refractivity contribution in [2.75, 3.05) is 13.2 Å². The third-order valence-corrected chi connectivity index (χ3v) is 3.30. The Kier molecular flexibility index (Phi) is 3.72. The van der Waals surface area contributed by atoms with E-state index in [1.54, 1.807) is 0 Å². The predicted molar refractivity (Wildman–Crippen MR) is 60.5 cm³/mol. The highest BCUT2D eigenvalue weighted by Gasteiger charge is 2.27. The van der Waals surface area contributed by atoms with Crippen LogP contribution in [0.15, 0.2) is 28.7 Å². The molecule has 4 heteroatoms. The Hall–Kier alpha value is -0.450. The molecule has 0 aromatic heterocycles. The van der Waals surface area contributed by atoms with E-state index in [9.17, 15) is 4.39 Å². The molecule has 0 aliphatic carbocycles. The van der Waals surface area contributed by atoms with Crippen molar-refractivity contribution in [3.63, 3.8) is 0 Å². The topological polar surface area (TPSA) is 21.3 Å². The van der Waals surface area contributed by atoms with E-state index in [-0.39, 0.29) is 12.6 Å². The molecule has 0 amide bonds. The Morgan fingerprint density at radius 1 is 1.40 bits per heavy atom. The highest BCUT2D eigenvalue weighted by atomic mass is 79.9. The second-order valence-electron chi connectivity index (χ2n) is 3.63. The average Bonchev–Trinajstić information content (AvgIpc) is 2.63. The Balaban J connectivity index is 1.90. The second-order valence-corrected chi connectivity index (χ2v) is 4.49. The lowest BCUT2D eigenvalue weighted by atomic mass is 10.2. The molecule has 2 nitrogen and oxygen atoms in total. The molecule has 1 aliphatic rings. The van der Waals surface area contributed by atoms with E-state index in [0.717, 1.165) is 10.0 Å². The summed E-state index contributed by atoms with van der Waals surface area (Å²) in [5.74, 6) is 0. The van der Waals surface area contributed by atoms with Crippen molar-refractivity contribution >= 4 is 15.9 Å². The first-order valence-corrected chi connectivity index (χ1v) is 5.75. The van der Waals surface area contributed by atoms with Crippen molar-refractivity contribution in [1.82, 2.24) is 5.32 Å². The molecular formula is C11H13BrFNO. The maximum Gasteiger partial charge on any atom is 0.141 e. The molecule has 1 aromatic rings. The first-order chi connectivity index (χ1) is 7.27. The minimum atomic E-state index is -0.882. The normalized spacial score (nSPS) is 25.7. The summed E-state index contributed by atoms with van der Waals surface area (Å²) < 4.78 is 19.3. The van der Waals surface area contributed by atoms with E-state index >= 15 is 0 Å². The zero-order chi connectivity index (χ0) is 10.7. The Bertz CT molecular complexity index is 334. The van der Waals surface area contributed by atoms with E-state index < -0.39 is 6.17 Å². The zero-order valence-corrected chi connectivity index (χ0v) is 9.84. The lowest BCUT2D eigenvalue weighted by molar-refractivity contribution is 0.172. The van der Waals surface area contributed by atoms with Crippen LogP contribution >= 0.6 is 15.9 Å². The van der Waals surface area contributed by atoms with Crippen LogP contribution in [0.3, 0.4) is 0 Å². The maximum absolute atomic E-state index is 13.2. The van der Waals surface area contributed by atoms with Crippen LogP contribution in [0, 0.1) is 0 Å². The summed E-state index contributed by atoms with van der Waals surface area (Å²) in [6.07, 6.45) is -0.882. The highest BCUT2D eigenvalue weighted by Crippen LogP contribution is 2.16. The van der Waals surface area contributed by atoms with Crippen LogP contribution in [0.1, 0.15) is 5.56 Å². The summed E-state index contributed by atoms with van der Waals surface area (Å²) in [5, 5.41) is 3.16. The van der Waals surface area contributed by atoms with Crippen LogP contribution in [-0.4, -0.2) is 25.4 Å². The molecule has 1 saturated heterocycles. The number of benzene rings is 1. The van der Waals surface area contributed by atoms with Gasteiger partial charge < -0.3 is 10.1 Å². The van der Waals surface area contributed by atoms with Crippen molar-refractivity contribution in [3.05, 3.63) is 34.3 Å². The lowest BCUT2D eigenvalue weighted by Gasteiger charge is -2.13. The van der Waals surface area contributed by atoms with Crippen molar-refractivity contribution in [2.45, 2.75) is 18.8 Å². The number of rotatable bonds is 3. The Labute approximate surface area is 96.9 Å². The molecule has 2 unspecified atom stereocenters. The summed E-state index contributed by atoms with van der Waals surface area (Å²) in [4.78, 5) is 0. The summed E-state index contributed by atoms with van der Waals surface area (Å²) in [7, 11) is 0. The van der Waals surface area contributed by atoms with Crippen LogP contribution in [-0.2, 0) is 11.3 Å². The van der Waals surface area contributed by atoms with Gasteiger partial charge in [-0.05, 0) is 11.6 Å². The van der Waals surface area contributed by atoms with Crippen LogP contribution in [0.5, 0.6) is 0 Å². The van der Waals surface area contributed by atoms with Crippen molar-refractivity contribution in [2.24, 2.45) is 0 Å². The molecule has 0 bridgehead atoms. The van der Waals surface area contributed by atoms with Gasteiger partial charge in [-0.15, -0.1) is 0 Å². The molecule has 0 spiro atoms. The molecule has 1 N–H and O–H groups in total. The largest absolute Gasteiger partial charge is 0.377 e. The number of ether oxygens (including phenoxy) is 1. The molecular weight excluding hydrogens is 261 g/mol. The minimum Gasteiger partial charge on any atom is -0.377 e. The van der Waals surface area contributed by atoms with Gasteiger partial charge in [0.25, 0.3) is 0 Å². The van der Waals surface area contributed by atoms with E-state index in [1.165, 1.54) is 0 Å². The molecule has 1 aliphatic heterocycles. The highest BCUT2D eigenvalue weighted by molar-refractivity contribution is 9.10. The molecule has 2 rings (SSSR count). The van der Waals surface area contributed by atoms with Gasteiger partial charge in [0.05, 0.1) is 19.3 Å². The van der Waals surface area contributed by atoms with Gasteiger partial charge in [-0.2, -0.15) is 0 Å². The van der Waals surface area contributed by atoms with Crippen LogP contribution < -0.4 is 5.32 Å². The van der Waals surface area contributed by atoms with Crippen molar-refractivity contribution in [3.8, 4) is 0 Å². The second kappa shape index (κ2) is 5.05. The maximum atomic E-state index is 13.2. The third-order valence-electron chi connectivity index (χ3n) is 2.52. The SMILES string of the molecule is FC1COCC1NCc1ccccc1Br. The van der Waals surface area contributed by atoms with Gasteiger partial charge in [0.1, 0.15) is 6.17 Å². The smallest absolute Gasteiger partial charge is 0.141 e. The van der Waals surface area contributed by atoms with Gasteiger partial charge >= 0.3 is 0 Å². The fourth-order valence-corrected chi connectivity index (χ4v) is 2.02. The Morgan fingerprint density at radius 2 is 2.20 bits per heavy atom. The molecule has 1 heterocycles. The number of halogens is 2. The summed E-state index contributed by atoms with van der Waals surface area (Å²) >= 11 is 3.46. The first kappa shape index (κ1) is 11.0. The number of hydrogen-bond acceptors (Lipinski definition) is 2. The lowest BCUT2D eigenvalue weighted by Crippen LogP contribution is -2.36. The summed E-state index contributed by atoms with van der Waals surface area (Å²) in [6.45, 7) is 1.34. The van der Waals surface area contributed by atoms with E-state index in [4.69, 9.17) is 4.74 Å². The average molecular weight is 274 g/mol. The van der Waals surface area contributed by atoms with Gasteiger partial charge in [0.2, 0.25) is 0 Å². The molecule has 1 aromatic carbocycles. The molecule has 0 saturated carbocycles. The van der Waals surface area contributed by atoms with Crippen LogP contribution in [0.25, 0.3) is 0 Å². The Morgan fingerprint density at radius 3 is 2.87 bits per heavy atom. The molecule has 0 radical (unpaired) electrons. The van der Waals surface area contributed by atoms with E-state index in [2.05, 4.69) is 21.2 Å². The van der Waals surface area contributed by atoms with Crippen molar-refractivity contribution < 1.29 is 9.13 Å². The van der Waals surface area contributed by atoms with Crippen LogP contribution in [0.2, 0.25) is 0 Å².